The van der Waals surface area contributed by atoms with E-state index in [-0.39, 0.29) is 10.8 Å². The molecule has 0 fully saturated rings. The largest absolute Gasteiger partial charge is 0.493 e. The van der Waals surface area contributed by atoms with E-state index in [0.29, 0.717) is 48.5 Å². The van der Waals surface area contributed by atoms with Crippen LogP contribution < -0.4 is 15.9 Å². The van der Waals surface area contributed by atoms with Crippen LogP contribution in [0.3, 0.4) is 0 Å². The van der Waals surface area contributed by atoms with Crippen LogP contribution in [-0.2, 0) is 16.4 Å². The van der Waals surface area contributed by atoms with Gasteiger partial charge in [-0.25, -0.2) is 8.42 Å². The van der Waals surface area contributed by atoms with Crippen LogP contribution in [0.5, 0.6) is 5.75 Å². The molecule has 0 saturated heterocycles. The van der Waals surface area contributed by atoms with Crippen LogP contribution >= 0.6 is 0 Å². The molecule has 1 N–H and O–H groups in total. The van der Waals surface area contributed by atoms with Gasteiger partial charge in [0.2, 0.25) is 0 Å². The number of aryl methyl sites for hydroxylation is 1. The number of sulfone groups is 1. The number of aromatic nitrogens is 2. The van der Waals surface area contributed by atoms with Gasteiger partial charge in [0.1, 0.15) is 5.75 Å². The Morgan fingerprint density at radius 3 is 2.59 bits per heavy atom. The van der Waals surface area contributed by atoms with Crippen molar-refractivity contribution in [3.8, 4) is 5.75 Å². The normalized spacial score (nSPS) is 11.5. The Morgan fingerprint density at radius 1 is 1.16 bits per heavy atom. The van der Waals surface area contributed by atoms with Crippen molar-refractivity contribution >= 4 is 26.8 Å². The van der Waals surface area contributed by atoms with Crippen LogP contribution in [0.15, 0.2) is 56.9 Å². The molecule has 3 aromatic rings. The Morgan fingerprint density at radius 2 is 1.91 bits per heavy atom. The molecule has 0 saturated carbocycles. The number of H-pyrrole nitrogens is 1. The van der Waals surface area contributed by atoms with E-state index in [1.807, 2.05) is 0 Å². The van der Waals surface area contributed by atoms with Gasteiger partial charge in [-0.2, -0.15) is 0 Å². The summed E-state index contributed by atoms with van der Waals surface area (Å²) in [6.45, 7) is 2.83. The Labute approximate surface area is 185 Å². The predicted octanol–water partition coefficient (Wildman–Crippen LogP) is 1.65. The molecule has 0 atom stereocenters. The monoisotopic (exact) mass is 459 g/mol. The molecule has 0 aliphatic heterocycles. The second-order valence-electron chi connectivity index (χ2n) is 7.41. The van der Waals surface area contributed by atoms with Gasteiger partial charge in [0.05, 0.1) is 22.5 Å². The Hall–Kier alpha value is -3.40. The lowest BCUT2D eigenvalue weighted by molar-refractivity contribution is 0.0788. The SMILES string of the molecule is CCn1c(=O)c(=O)[nH]c2cc(C(=O)N(C)CCCOc3cccc(S(C)(=O)=O)c3)ccc21. The lowest BCUT2D eigenvalue weighted by Crippen LogP contribution is -2.36. The molecule has 9 nitrogen and oxygen atoms in total. The first-order valence-electron chi connectivity index (χ1n) is 10.1. The van der Waals surface area contributed by atoms with E-state index >= 15 is 0 Å². The molecular weight excluding hydrogens is 434 g/mol. The standard InChI is InChI=1S/C22H25N3O6S/c1-4-25-19-10-9-15(13-18(19)23-20(26)22(25)28)21(27)24(2)11-6-12-31-16-7-5-8-17(14-16)32(3,29)30/h5,7-10,13-14H,4,6,11-12H2,1-3H3,(H,23,26). The van der Waals surface area contributed by atoms with E-state index in [9.17, 15) is 22.8 Å². The number of amides is 1. The molecule has 0 aliphatic rings. The van der Waals surface area contributed by atoms with E-state index in [4.69, 9.17) is 4.74 Å². The summed E-state index contributed by atoms with van der Waals surface area (Å²) >= 11 is 0. The molecule has 0 spiro atoms. The molecule has 0 bridgehead atoms. The van der Waals surface area contributed by atoms with E-state index in [1.165, 1.54) is 21.6 Å². The molecule has 2 aromatic carbocycles. The quantitative estimate of drug-likeness (QED) is 0.404. The predicted molar refractivity (Wildman–Crippen MR) is 121 cm³/mol. The highest BCUT2D eigenvalue weighted by atomic mass is 32.2. The van der Waals surface area contributed by atoms with Gasteiger partial charge in [-0.05, 0) is 49.7 Å². The summed E-state index contributed by atoms with van der Waals surface area (Å²) < 4.78 is 30.2. The van der Waals surface area contributed by atoms with Crippen LogP contribution in [0, 0.1) is 0 Å². The maximum absolute atomic E-state index is 12.8. The van der Waals surface area contributed by atoms with E-state index < -0.39 is 21.0 Å². The molecular formula is C22H25N3O6S. The van der Waals surface area contributed by atoms with Gasteiger partial charge in [-0.3, -0.25) is 14.4 Å². The van der Waals surface area contributed by atoms with Crippen LogP contribution in [0.25, 0.3) is 11.0 Å². The molecule has 1 heterocycles. The number of carbonyl (C=O) groups excluding carboxylic acids is 1. The number of nitrogens with one attached hydrogen (secondary N) is 1. The van der Waals surface area contributed by atoms with Crippen LogP contribution in [-0.4, -0.2) is 55.2 Å². The van der Waals surface area contributed by atoms with Gasteiger partial charge in [0, 0.05) is 32.0 Å². The molecule has 0 radical (unpaired) electrons. The zero-order valence-corrected chi connectivity index (χ0v) is 18.9. The Kier molecular flexibility index (Phi) is 6.83. The topological polar surface area (TPSA) is 119 Å². The number of hydrogen-bond acceptors (Lipinski definition) is 6. The van der Waals surface area contributed by atoms with Crippen LogP contribution in [0.1, 0.15) is 23.7 Å². The molecule has 1 amide bonds. The van der Waals surface area contributed by atoms with Gasteiger partial charge in [0.25, 0.3) is 5.91 Å². The van der Waals surface area contributed by atoms with Gasteiger partial charge in [-0.15, -0.1) is 0 Å². The van der Waals surface area contributed by atoms with Gasteiger partial charge in [0.15, 0.2) is 9.84 Å². The van der Waals surface area contributed by atoms with Gasteiger partial charge in [-0.1, -0.05) is 6.07 Å². The number of fused-ring (bicyclic) bond motifs is 1. The summed E-state index contributed by atoms with van der Waals surface area (Å²) in [7, 11) is -1.65. The van der Waals surface area contributed by atoms with Crippen molar-refractivity contribution in [1.82, 2.24) is 14.5 Å². The van der Waals surface area contributed by atoms with E-state index in [2.05, 4.69) is 4.98 Å². The zero-order chi connectivity index (χ0) is 23.5. The minimum absolute atomic E-state index is 0.185. The lowest BCUT2D eigenvalue weighted by atomic mass is 10.1. The van der Waals surface area contributed by atoms with Crippen LogP contribution in [0.2, 0.25) is 0 Å². The van der Waals surface area contributed by atoms with Crippen LogP contribution in [0.4, 0.5) is 0 Å². The maximum Gasteiger partial charge on any atom is 0.316 e. The highest BCUT2D eigenvalue weighted by Gasteiger charge is 2.14. The molecule has 32 heavy (non-hydrogen) atoms. The number of ether oxygens (including phenoxy) is 1. The molecule has 170 valence electrons. The first-order valence-corrected chi connectivity index (χ1v) is 12.0. The van der Waals surface area contributed by atoms with Crippen molar-refractivity contribution in [2.24, 2.45) is 0 Å². The summed E-state index contributed by atoms with van der Waals surface area (Å²) in [5.74, 6) is 0.212. The fourth-order valence-corrected chi connectivity index (χ4v) is 3.99. The van der Waals surface area contributed by atoms with Gasteiger partial charge >= 0.3 is 11.1 Å². The first kappa shape index (κ1) is 23.3. The fraction of sp³-hybridized carbons (Fsp3) is 0.318. The smallest absolute Gasteiger partial charge is 0.316 e. The lowest BCUT2D eigenvalue weighted by Gasteiger charge is -2.18. The third-order valence-corrected chi connectivity index (χ3v) is 6.14. The maximum atomic E-state index is 12.8. The van der Waals surface area contributed by atoms with Crippen molar-refractivity contribution in [3.05, 3.63) is 68.7 Å². The number of aromatic amines is 1. The number of benzene rings is 2. The summed E-state index contributed by atoms with van der Waals surface area (Å²) in [5, 5.41) is 0. The first-order chi connectivity index (χ1) is 15.1. The highest BCUT2D eigenvalue weighted by molar-refractivity contribution is 7.90. The minimum Gasteiger partial charge on any atom is -0.493 e. The molecule has 10 heteroatoms. The molecule has 0 unspecified atom stereocenters. The number of hydrogen-bond donors (Lipinski definition) is 1. The molecule has 3 rings (SSSR count). The third-order valence-electron chi connectivity index (χ3n) is 5.03. The van der Waals surface area contributed by atoms with Crippen molar-refractivity contribution in [2.75, 3.05) is 26.5 Å². The average Bonchev–Trinajstić information content (AvgIpc) is 2.76. The van der Waals surface area contributed by atoms with Gasteiger partial charge < -0.3 is 19.2 Å². The zero-order valence-electron chi connectivity index (χ0n) is 18.1. The highest BCUT2D eigenvalue weighted by Crippen LogP contribution is 2.18. The summed E-state index contributed by atoms with van der Waals surface area (Å²) in [6.07, 6.45) is 1.67. The summed E-state index contributed by atoms with van der Waals surface area (Å²) in [5.41, 5.74) is 0.0113. The van der Waals surface area contributed by atoms with Crippen molar-refractivity contribution < 1.29 is 17.9 Å². The minimum atomic E-state index is -3.31. The summed E-state index contributed by atoms with van der Waals surface area (Å²) in [4.78, 5) is 40.8. The number of carbonyl (C=O) groups is 1. The average molecular weight is 460 g/mol. The number of nitrogens with zero attached hydrogens (tertiary/aromatic N) is 2. The van der Waals surface area contributed by atoms with E-state index in [0.717, 1.165) is 6.26 Å². The Bertz CT molecular complexity index is 1370. The second-order valence-corrected chi connectivity index (χ2v) is 9.43. The molecule has 1 aromatic heterocycles. The Balaban J connectivity index is 1.64. The fourth-order valence-electron chi connectivity index (χ4n) is 3.33. The number of rotatable bonds is 8. The summed E-state index contributed by atoms with van der Waals surface area (Å²) in [6, 6.07) is 11.1. The van der Waals surface area contributed by atoms with E-state index in [1.54, 1.807) is 44.3 Å². The molecule has 0 aliphatic carbocycles. The van der Waals surface area contributed by atoms with Crippen molar-refractivity contribution in [2.45, 2.75) is 24.8 Å². The second kappa shape index (κ2) is 9.39. The third kappa shape index (κ3) is 5.08. The van der Waals surface area contributed by atoms with Crippen molar-refractivity contribution in [1.29, 1.82) is 0 Å². The van der Waals surface area contributed by atoms with Crippen molar-refractivity contribution in [3.63, 3.8) is 0 Å².